The number of hydrogen-bond donors (Lipinski definition) is 1. The van der Waals surface area contributed by atoms with Crippen LogP contribution >= 0.6 is 0 Å². The van der Waals surface area contributed by atoms with Crippen LogP contribution in [0.15, 0.2) is 28.8 Å². The van der Waals surface area contributed by atoms with Gasteiger partial charge in [0.15, 0.2) is 0 Å². The Balaban J connectivity index is 1.57. The van der Waals surface area contributed by atoms with Crippen LogP contribution in [0.25, 0.3) is 11.4 Å². The quantitative estimate of drug-likeness (QED) is 0.921. The molecule has 0 atom stereocenters. The van der Waals surface area contributed by atoms with E-state index in [0.717, 1.165) is 17.7 Å². The first kappa shape index (κ1) is 14.8. The molecule has 0 bridgehead atoms. The van der Waals surface area contributed by atoms with Gasteiger partial charge in [0.2, 0.25) is 17.6 Å². The Labute approximate surface area is 130 Å². The highest BCUT2D eigenvalue weighted by Gasteiger charge is 2.17. The van der Waals surface area contributed by atoms with Crippen molar-refractivity contribution in [3.8, 4) is 11.4 Å². The van der Waals surface area contributed by atoms with E-state index in [1.807, 2.05) is 31.2 Å². The van der Waals surface area contributed by atoms with Gasteiger partial charge in [-0.2, -0.15) is 4.98 Å². The summed E-state index contributed by atoms with van der Waals surface area (Å²) in [5, 5.41) is 6.94. The second kappa shape index (κ2) is 6.73. The molecule has 1 aliphatic carbocycles. The van der Waals surface area contributed by atoms with Crippen molar-refractivity contribution in [3.63, 3.8) is 0 Å². The molecule has 0 spiro atoms. The Morgan fingerprint density at radius 1 is 1.32 bits per heavy atom. The summed E-state index contributed by atoms with van der Waals surface area (Å²) in [5.41, 5.74) is 2.02. The number of benzene rings is 1. The number of aromatic nitrogens is 2. The monoisotopic (exact) mass is 299 g/mol. The van der Waals surface area contributed by atoms with Gasteiger partial charge >= 0.3 is 0 Å². The lowest BCUT2D eigenvalue weighted by molar-refractivity contribution is -0.120. The third-order valence-electron chi connectivity index (χ3n) is 4.23. The summed E-state index contributed by atoms with van der Waals surface area (Å²) in [6.45, 7) is 2.76. The Hall–Kier alpha value is -2.17. The molecule has 1 aliphatic rings. The molecule has 3 rings (SSSR count). The second-order valence-corrected chi connectivity index (χ2v) is 5.96. The summed E-state index contributed by atoms with van der Waals surface area (Å²) >= 11 is 0. The number of nitrogens with one attached hydrogen (secondary N) is 1. The van der Waals surface area contributed by atoms with Crippen molar-refractivity contribution in [2.24, 2.45) is 5.92 Å². The van der Waals surface area contributed by atoms with Crippen LogP contribution in [0.1, 0.15) is 37.1 Å². The van der Waals surface area contributed by atoms with Gasteiger partial charge in [-0.1, -0.05) is 42.3 Å². The third kappa shape index (κ3) is 3.53. The van der Waals surface area contributed by atoms with Gasteiger partial charge in [0.25, 0.3) is 0 Å². The van der Waals surface area contributed by atoms with Gasteiger partial charge in [0.1, 0.15) is 6.42 Å². The average Bonchev–Trinajstić information content (AvgIpc) is 3.17. The molecule has 22 heavy (non-hydrogen) atoms. The number of aryl methyl sites for hydroxylation is 1. The first-order chi connectivity index (χ1) is 10.7. The normalized spacial score (nSPS) is 15.1. The van der Waals surface area contributed by atoms with E-state index >= 15 is 0 Å². The molecule has 0 saturated heterocycles. The van der Waals surface area contributed by atoms with Crippen LogP contribution in [0.4, 0.5) is 0 Å². The van der Waals surface area contributed by atoms with E-state index in [1.54, 1.807) is 0 Å². The number of carbonyl (C=O) groups is 1. The van der Waals surface area contributed by atoms with Gasteiger partial charge < -0.3 is 9.84 Å². The Bertz CT molecular complexity index is 645. The van der Waals surface area contributed by atoms with E-state index in [1.165, 1.54) is 25.7 Å². The van der Waals surface area contributed by atoms with Crippen molar-refractivity contribution in [2.45, 2.75) is 39.0 Å². The topological polar surface area (TPSA) is 68.0 Å². The molecule has 5 nitrogen and oxygen atoms in total. The Morgan fingerprint density at radius 2 is 2.09 bits per heavy atom. The van der Waals surface area contributed by atoms with Crippen LogP contribution in [-0.4, -0.2) is 22.6 Å². The number of amides is 1. The predicted octanol–water partition coefficient (Wildman–Crippen LogP) is 2.89. The summed E-state index contributed by atoms with van der Waals surface area (Å²) in [6, 6.07) is 7.85. The van der Waals surface area contributed by atoms with Crippen molar-refractivity contribution in [1.29, 1.82) is 0 Å². The number of carbonyl (C=O) groups excluding carboxylic acids is 1. The fraction of sp³-hybridized carbons (Fsp3) is 0.471. The zero-order valence-electron chi connectivity index (χ0n) is 12.8. The van der Waals surface area contributed by atoms with E-state index in [0.29, 0.717) is 17.6 Å². The standard InChI is InChI=1S/C17H21N3O2/c1-12-6-2-5-9-14(12)17-19-16(22-20-17)10-15(21)18-11-13-7-3-4-8-13/h2,5-6,9,13H,3-4,7-8,10-11H2,1H3,(H,18,21). The van der Waals surface area contributed by atoms with E-state index in [9.17, 15) is 4.79 Å². The number of hydrogen-bond acceptors (Lipinski definition) is 4. The van der Waals surface area contributed by atoms with Crippen LogP contribution in [0, 0.1) is 12.8 Å². The lowest BCUT2D eigenvalue weighted by atomic mass is 10.1. The van der Waals surface area contributed by atoms with Gasteiger partial charge in [-0.15, -0.1) is 0 Å². The van der Waals surface area contributed by atoms with E-state index in [-0.39, 0.29) is 12.3 Å². The van der Waals surface area contributed by atoms with Crippen molar-refractivity contribution in [3.05, 3.63) is 35.7 Å². The highest BCUT2D eigenvalue weighted by Crippen LogP contribution is 2.23. The second-order valence-electron chi connectivity index (χ2n) is 5.96. The summed E-state index contributed by atoms with van der Waals surface area (Å²) in [4.78, 5) is 16.3. The van der Waals surface area contributed by atoms with Crippen LogP contribution in [0.3, 0.4) is 0 Å². The molecule has 1 saturated carbocycles. The highest BCUT2D eigenvalue weighted by molar-refractivity contribution is 5.77. The van der Waals surface area contributed by atoms with Crippen LogP contribution in [0.2, 0.25) is 0 Å². The first-order valence-electron chi connectivity index (χ1n) is 7.87. The molecular weight excluding hydrogens is 278 g/mol. The largest absolute Gasteiger partial charge is 0.355 e. The third-order valence-corrected chi connectivity index (χ3v) is 4.23. The molecule has 1 fully saturated rings. The summed E-state index contributed by atoms with van der Waals surface area (Å²) in [7, 11) is 0. The molecule has 1 amide bonds. The molecule has 1 aromatic carbocycles. The zero-order valence-corrected chi connectivity index (χ0v) is 12.8. The molecule has 1 N–H and O–H groups in total. The first-order valence-corrected chi connectivity index (χ1v) is 7.87. The number of rotatable bonds is 5. The van der Waals surface area contributed by atoms with Gasteiger partial charge in [0, 0.05) is 12.1 Å². The maximum Gasteiger partial charge on any atom is 0.236 e. The molecule has 0 unspecified atom stereocenters. The average molecular weight is 299 g/mol. The van der Waals surface area contributed by atoms with Gasteiger partial charge in [0.05, 0.1) is 0 Å². The van der Waals surface area contributed by atoms with Crippen LogP contribution in [-0.2, 0) is 11.2 Å². The van der Waals surface area contributed by atoms with Gasteiger partial charge in [-0.3, -0.25) is 4.79 Å². The molecule has 0 radical (unpaired) electrons. The van der Waals surface area contributed by atoms with Crippen LogP contribution in [0.5, 0.6) is 0 Å². The molecule has 2 aromatic rings. The fourth-order valence-corrected chi connectivity index (χ4v) is 2.93. The van der Waals surface area contributed by atoms with Crippen molar-refractivity contribution in [1.82, 2.24) is 15.5 Å². The minimum atomic E-state index is -0.0492. The fourth-order valence-electron chi connectivity index (χ4n) is 2.93. The maximum atomic E-state index is 11.9. The minimum Gasteiger partial charge on any atom is -0.355 e. The summed E-state index contributed by atoms with van der Waals surface area (Å²) in [6.07, 6.45) is 5.15. The lowest BCUT2D eigenvalue weighted by Crippen LogP contribution is -2.29. The molecule has 0 aliphatic heterocycles. The Kier molecular flexibility index (Phi) is 4.51. The van der Waals surface area contributed by atoms with Crippen molar-refractivity contribution in [2.75, 3.05) is 6.54 Å². The molecule has 116 valence electrons. The molecule has 5 heteroatoms. The van der Waals surface area contributed by atoms with E-state index < -0.39 is 0 Å². The Morgan fingerprint density at radius 3 is 2.86 bits per heavy atom. The SMILES string of the molecule is Cc1ccccc1-c1noc(CC(=O)NCC2CCCC2)n1. The predicted molar refractivity (Wildman–Crippen MR) is 83.1 cm³/mol. The number of nitrogens with zero attached hydrogens (tertiary/aromatic N) is 2. The van der Waals surface area contributed by atoms with Gasteiger partial charge in [-0.05, 0) is 31.2 Å². The van der Waals surface area contributed by atoms with Crippen molar-refractivity contribution < 1.29 is 9.32 Å². The van der Waals surface area contributed by atoms with E-state index in [4.69, 9.17) is 4.52 Å². The molecular formula is C17H21N3O2. The zero-order chi connectivity index (χ0) is 15.4. The van der Waals surface area contributed by atoms with Gasteiger partial charge in [-0.25, -0.2) is 0 Å². The highest BCUT2D eigenvalue weighted by atomic mass is 16.5. The van der Waals surface area contributed by atoms with Crippen LogP contribution < -0.4 is 5.32 Å². The minimum absolute atomic E-state index is 0.0492. The summed E-state index contributed by atoms with van der Waals surface area (Å²) in [5.74, 6) is 1.49. The molecule has 1 aromatic heterocycles. The maximum absolute atomic E-state index is 11.9. The lowest BCUT2D eigenvalue weighted by Gasteiger charge is -2.09. The van der Waals surface area contributed by atoms with Crippen molar-refractivity contribution >= 4 is 5.91 Å². The smallest absolute Gasteiger partial charge is 0.236 e. The van der Waals surface area contributed by atoms with E-state index in [2.05, 4.69) is 15.5 Å². The molecule has 1 heterocycles. The summed E-state index contributed by atoms with van der Waals surface area (Å²) < 4.78 is 5.19.